The summed E-state index contributed by atoms with van der Waals surface area (Å²) in [6.07, 6.45) is 0. The molecule has 1 nitrogen and oxygen atoms in total. The van der Waals surface area contributed by atoms with Gasteiger partial charge in [0.05, 0.1) is 0 Å². The van der Waals surface area contributed by atoms with Crippen molar-refractivity contribution in [1.29, 1.82) is 0 Å². The molecule has 0 saturated heterocycles. The van der Waals surface area contributed by atoms with Crippen molar-refractivity contribution in [2.75, 3.05) is 0 Å². The predicted octanol–water partition coefficient (Wildman–Crippen LogP) is 5.26. The van der Waals surface area contributed by atoms with Crippen LogP contribution in [0.4, 0.5) is 0 Å². The van der Waals surface area contributed by atoms with E-state index in [1.165, 1.54) is 27.8 Å². The lowest BCUT2D eigenvalue weighted by molar-refractivity contribution is 0.305. The maximum Gasteiger partial charge on any atom is 0.120 e. The third-order valence-electron chi connectivity index (χ3n) is 3.31. The Labute approximate surface area is 123 Å². The number of hydrogen-bond acceptors (Lipinski definition) is 1. The van der Waals surface area contributed by atoms with Gasteiger partial charge in [0, 0.05) is 4.47 Å². The van der Waals surface area contributed by atoms with E-state index in [1.54, 1.807) is 0 Å². The van der Waals surface area contributed by atoms with E-state index in [2.05, 4.69) is 74.0 Å². The maximum absolute atomic E-state index is 5.92. The topological polar surface area (TPSA) is 9.23 Å². The van der Waals surface area contributed by atoms with Gasteiger partial charge in [0.1, 0.15) is 12.4 Å². The maximum atomic E-state index is 5.92. The standard InChI is InChI=1S/C17H19BrO/c1-11-5-6-12(2)15(7-11)10-19-16-8-13(3)17(18)14(4)9-16/h5-9H,10H2,1-4H3. The van der Waals surface area contributed by atoms with Crippen LogP contribution in [0.1, 0.15) is 27.8 Å². The highest BCUT2D eigenvalue weighted by Gasteiger charge is 2.05. The van der Waals surface area contributed by atoms with Crippen LogP contribution in [0, 0.1) is 27.7 Å². The molecular formula is C17H19BrO. The number of ether oxygens (including phenoxy) is 1. The third-order valence-corrected chi connectivity index (χ3v) is 4.56. The second-order valence-electron chi connectivity index (χ2n) is 5.09. The molecule has 0 unspecified atom stereocenters. The van der Waals surface area contributed by atoms with E-state index in [1.807, 2.05) is 0 Å². The van der Waals surface area contributed by atoms with E-state index in [4.69, 9.17) is 4.74 Å². The van der Waals surface area contributed by atoms with Crippen molar-refractivity contribution in [3.63, 3.8) is 0 Å². The Morgan fingerprint density at radius 2 is 1.53 bits per heavy atom. The quantitative estimate of drug-likeness (QED) is 0.749. The molecular weight excluding hydrogens is 300 g/mol. The zero-order valence-electron chi connectivity index (χ0n) is 11.9. The van der Waals surface area contributed by atoms with Crippen molar-refractivity contribution >= 4 is 15.9 Å². The molecule has 0 aliphatic carbocycles. The highest BCUT2D eigenvalue weighted by atomic mass is 79.9. The summed E-state index contributed by atoms with van der Waals surface area (Å²) in [4.78, 5) is 0. The van der Waals surface area contributed by atoms with Gasteiger partial charge in [-0.15, -0.1) is 0 Å². The van der Waals surface area contributed by atoms with Crippen LogP contribution in [0.5, 0.6) is 5.75 Å². The Balaban J connectivity index is 2.17. The zero-order valence-corrected chi connectivity index (χ0v) is 13.5. The molecule has 0 saturated carbocycles. The van der Waals surface area contributed by atoms with Crippen molar-refractivity contribution < 1.29 is 4.74 Å². The second-order valence-corrected chi connectivity index (χ2v) is 5.88. The number of aryl methyl sites for hydroxylation is 4. The lowest BCUT2D eigenvalue weighted by Gasteiger charge is -2.12. The lowest BCUT2D eigenvalue weighted by Crippen LogP contribution is -1.99. The Morgan fingerprint density at radius 1 is 0.895 bits per heavy atom. The van der Waals surface area contributed by atoms with E-state index in [-0.39, 0.29) is 0 Å². The molecule has 0 fully saturated rings. The normalized spacial score (nSPS) is 10.6. The van der Waals surface area contributed by atoms with Crippen LogP contribution >= 0.6 is 15.9 Å². The summed E-state index contributed by atoms with van der Waals surface area (Å²) in [6.45, 7) is 9.02. The number of halogens is 1. The SMILES string of the molecule is Cc1ccc(C)c(COc2cc(C)c(Br)c(C)c2)c1. The predicted molar refractivity (Wildman–Crippen MR) is 83.9 cm³/mol. The highest BCUT2D eigenvalue weighted by Crippen LogP contribution is 2.27. The summed E-state index contributed by atoms with van der Waals surface area (Å²) in [7, 11) is 0. The Bertz CT molecular complexity index is 579. The molecule has 0 aliphatic heterocycles. The van der Waals surface area contributed by atoms with Gasteiger partial charge in [-0.2, -0.15) is 0 Å². The van der Waals surface area contributed by atoms with E-state index < -0.39 is 0 Å². The van der Waals surface area contributed by atoms with Crippen LogP contribution in [0.25, 0.3) is 0 Å². The van der Waals surface area contributed by atoms with Crippen molar-refractivity contribution in [2.45, 2.75) is 34.3 Å². The first kappa shape index (κ1) is 14.1. The molecule has 0 radical (unpaired) electrons. The number of benzene rings is 2. The summed E-state index contributed by atoms with van der Waals surface area (Å²) in [5.41, 5.74) is 6.20. The van der Waals surface area contributed by atoms with Crippen molar-refractivity contribution in [3.8, 4) is 5.75 Å². The van der Waals surface area contributed by atoms with Crippen LogP contribution in [-0.2, 0) is 6.61 Å². The Hall–Kier alpha value is -1.28. The van der Waals surface area contributed by atoms with E-state index in [9.17, 15) is 0 Å². The molecule has 2 aromatic carbocycles. The average Bonchev–Trinajstić information content (AvgIpc) is 2.37. The highest BCUT2D eigenvalue weighted by molar-refractivity contribution is 9.10. The molecule has 2 rings (SSSR count). The Morgan fingerprint density at radius 3 is 2.16 bits per heavy atom. The monoisotopic (exact) mass is 318 g/mol. The lowest BCUT2D eigenvalue weighted by atomic mass is 10.1. The molecule has 0 bridgehead atoms. The molecule has 0 atom stereocenters. The van der Waals surface area contributed by atoms with Gasteiger partial charge in [-0.3, -0.25) is 0 Å². The molecule has 19 heavy (non-hydrogen) atoms. The smallest absolute Gasteiger partial charge is 0.120 e. The van der Waals surface area contributed by atoms with Crippen LogP contribution in [0.3, 0.4) is 0 Å². The summed E-state index contributed by atoms with van der Waals surface area (Å²) < 4.78 is 7.08. The van der Waals surface area contributed by atoms with Gasteiger partial charge < -0.3 is 4.74 Å². The van der Waals surface area contributed by atoms with Crippen molar-refractivity contribution in [3.05, 3.63) is 62.6 Å². The fraction of sp³-hybridized carbons (Fsp3) is 0.294. The van der Waals surface area contributed by atoms with Gasteiger partial charge >= 0.3 is 0 Å². The summed E-state index contributed by atoms with van der Waals surface area (Å²) in [6, 6.07) is 10.6. The molecule has 0 heterocycles. The first-order valence-electron chi connectivity index (χ1n) is 6.43. The van der Waals surface area contributed by atoms with Crippen LogP contribution in [0.2, 0.25) is 0 Å². The van der Waals surface area contributed by atoms with E-state index >= 15 is 0 Å². The van der Waals surface area contributed by atoms with Crippen LogP contribution in [-0.4, -0.2) is 0 Å². The molecule has 0 aliphatic rings. The third kappa shape index (κ3) is 3.38. The van der Waals surface area contributed by atoms with Gasteiger partial charge in [-0.1, -0.05) is 39.7 Å². The molecule has 0 spiro atoms. The molecule has 100 valence electrons. The molecule has 0 aromatic heterocycles. The van der Waals surface area contributed by atoms with Gasteiger partial charge in [0.15, 0.2) is 0 Å². The minimum atomic E-state index is 0.619. The van der Waals surface area contributed by atoms with Gasteiger partial charge in [0.2, 0.25) is 0 Å². The first-order chi connectivity index (χ1) is 8.97. The number of hydrogen-bond donors (Lipinski definition) is 0. The molecule has 0 amide bonds. The Kier molecular flexibility index (Phi) is 4.31. The van der Waals surface area contributed by atoms with Crippen molar-refractivity contribution in [2.24, 2.45) is 0 Å². The van der Waals surface area contributed by atoms with Crippen LogP contribution in [0.15, 0.2) is 34.8 Å². The minimum absolute atomic E-state index is 0.619. The van der Waals surface area contributed by atoms with E-state index in [0.717, 1.165) is 10.2 Å². The first-order valence-corrected chi connectivity index (χ1v) is 7.22. The fourth-order valence-corrected chi connectivity index (χ4v) is 2.34. The molecule has 2 heteroatoms. The summed E-state index contributed by atoms with van der Waals surface area (Å²) >= 11 is 3.57. The number of rotatable bonds is 3. The summed E-state index contributed by atoms with van der Waals surface area (Å²) in [5, 5.41) is 0. The largest absolute Gasteiger partial charge is 0.489 e. The molecule has 0 N–H and O–H groups in total. The summed E-state index contributed by atoms with van der Waals surface area (Å²) in [5.74, 6) is 0.930. The van der Waals surface area contributed by atoms with Crippen molar-refractivity contribution in [1.82, 2.24) is 0 Å². The van der Waals surface area contributed by atoms with Gasteiger partial charge in [0.25, 0.3) is 0 Å². The van der Waals surface area contributed by atoms with Gasteiger partial charge in [-0.25, -0.2) is 0 Å². The second kappa shape index (κ2) is 5.79. The molecule has 2 aromatic rings. The van der Waals surface area contributed by atoms with E-state index in [0.29, 0.717) is 6.61 Å². The van der Waals surface area contributed by atoms with Crippen LogP contribution < -0.4 is 4.74 Å². The zero-order chi connectivity index (χ0) is 14.0. The minimum Gasteiger partial charge on any atom is -0.489 e. The van der Waals surface area contributed by atoms with Gasteiger partial charge in [-0.05, 0) is 62.1 Å². The average molecular weight is 319 g/mol. The fourth-order valence-electron chi connectivity index (χ4n) is 2.11.